The molecule has 8 heteroatoms. The topological polar surface area (TPSA) is 81.9 Å². The average Bonchev–Trinajstić information content (AvgIpc) is 3.23. The lowest BCUT2D eigenvalue weighted by Gasteiger charge is -2.25. The van der Waals surface area contributed by atoms with Crippen LogP contribution in [0.25, 0.3) is 11.5 Å². The highest BCUT2D eigenvalue weighted by Crippen LogP contribution is 2.34. The van der Waals surface area contributed by atoms with E-state index in [0.29, 0.717) is 35.4 Å². The second-order valence-corrected chi connectivity index (χ2v) is 9.34. The van der Waals surface area contributed by atoms with Crippen molar-refractivity contribution in [1.82, 2.24) is 4.98 Å². The largest absolute Gasteiger partial charge is 0.495 e. The van der Waals surface area contributed by atoms with Crippen molar-refractivity contribution < 1.29 is 22.3 Å². The molecule has 0 unspecified atom stereocenters. The summed E-state index contributed by atoms with van der Waals surface area (Å²) in [6.07, 6.45) is 0. The van der Waals surface area contributed by atoms with Crippen LogP contribution in [0.15, 0.2) is 88.2 Å². The van der Waals surface area contributed by atoms with Crippen molar-refractivity contribution in [1.29, 1.82) is 0 Å². The van der Waals surface area contributed by atoms with Crippen LogP contribution < -0.4 is 13.8 Å². The van der Waals surface area contributed by atoms with E-state index in [1.54, 1.807) is 61.5 Å². The van der Waals surface area contributed by atoms with E-state index in [4.69, 9.17) is 13.9 Å². The number of ether oxygens (including phenoxy) is 2. The Kier molecular flexibility index (Phi) is 6.88. The molecule has 1 heterocycles. The van der Waals surface area contributed by atoms with E-state index in [2.05, 4.69) is 4.98 Å². The number of sulfonamides is 1. The second-order valence-electron chi connectivity index (χ2n) is 7.48. The summed E-state index contributed by atoms with van der Waals surface area (Å²) in [5.41, 5.74) is 1.70. The molecule has 0 spiro atoms. The van der Waals surface area contributed by atoms with Gasteiger partial charge in [0.1, 0.15) is 23.0 Å². The van der Waals surface area contributed by atoms with Crippen molar-refractivity contribution in [2.24, 2.45) is 0 Å². The first-order chi connectivity index (χ1) is 16.4. The molecule has 3 aromatic carbocycles. The number of hydrogen-bond acceptors (Lipinski definition) is 6. The van der Waals surface area contributed by atoms with E-state index >= 15 is 0 Å². The number of hydrogen-bond donors (Lipinski definition) is 0. The normalized spacial score (nSPS) is 11.3. The van der Waals surface area contributed by atoms with Gasteiger partial charge in [-0.3, -0.25) is 4.31 Å². The summed E-state index contributed by atoms with van der Waals surface area (Å²) in [4.78, 5) is 4.80. The van der Waals surface area contributed by atoms with E-state index in [9.17, 15) is 8.42 Å². The zero-order valence-electron chi connectivity index (χ0n) is 19.3. The predicted molar refractivity (Wildman–Crippen MR) is 131 cm³/mol. The number of anilines is 1. The lowest BCUT2D eigenvalue weighted by Crippen LogP contribution is -2.31. The fraction of sp³-hybridized carbons (Fsp3) is 0.192. The van der Waals surface area contributed by atoms with Crippen LogP contribution in [0, 0.1) is 6.92 Å². The minimum Gasteiger partial charge on any atom is -0.495 e. The summed E-state index contributed by atoms with van der Waals surface area (Å²) in [5.74, 6) is 2.14. The van der Waals surface area contributed by atoms with Crippen LogP contribution in [0.4, 0.5) is 5.69 Å². The monoisotopic (exact) mass is 478 g/mol. The highest BCUT2D eigenvalue weighted by molar-refractivity contribution is 7.92. The van der Waals surface area contributed by atoms with Crippen molar-refractivity contribution in [3.63, 3.8) is 0 Å². The standard InChI is InChI=1S/C26H26N2O5S/c1-4-32-21-16-14-20(15-17-21)26-27-23(19(2)33-26)18-28(24-12-8-9-13-25(24)31-3)34(29,30)22-10-6-5-7-11-22/h5-17H,4,18H2,1-3H3. The Morgan fingerprint density at radius 3 is 2.29 bits per heavy atom. The molecule has 176 valence electrons. The van der Waals surface area contributed by atoms with Gasteiger partial charge in [0.25, 0.3) is 10.0 Å². The number of aryl methyl sites for hydroxylation is 1. The Balaban J connectivity index is 1.74. The zero-order valence-corrected chi connectivity index (χ0v) is 20.1. The van der Waals surface area contributed by atoms with E-state index in [0.717, 1.165) is 11.3 Å². The van der Waals surface area contributed by atoms with E-state index in [1.165, 1.54) is 11.4 Å². The van der Waals surface area contributed by atoms with Gasteiger partial charge < -0.3 is 13.9 Å². The minimum absolute atomic E-state index is 0.0238. The van der Waals surface area contributed by atoms with Gasteiger partial charge in [-0.05, 0) is 62.4 Å². The van der Waals surface area contributed by atoms with Crippen LogP contribution in [-0.4, -0.2) is 27.1 Å². The SMILES string of the molecule is CCOc1ccc(-c2nc(CN(c3ccccc3OC)S(=O)(=O)c3ccccc3)c(C)o2)cc1. The van der Waals surface area contributed by atoms with E-state index in [1.807, 2.05) is 31.2 Å². The maximum atomic E-state index is 13.7. The molecule has 0 aliphatic rings. The highest BCUT2D eigenvalue weighted by Gasteiger charge is 2.29. The number of nitrogens with zero attached hydrogens (tertiary/aromatic N) is 2. The van der Waals surface area contributed by atoms with Crippen molar-refractivity contribution in [3.05, 3.63) is 90.3 Å². The van der Waals surface area contributed by atoms with Crippen LogP contribution in [-0.2, 0) is 16.6 Å². The van der Waals surface area contributed by atoms with Crippen LogP contribution in [0.5, 0.6) is 11.5 Å². The molecule has 0 saturated heterocycles. The van der Waals surface area contributed by atoms with Gasteiger partial charge in [-0.25, -0.2) is 13.4 Å². The smallest absolute Gasteiger partial charge is 0.264 e. The molecule has 0 amide bonds. The van der Waals surface area contributed by atoms with Gasteiger partial charge in [-0.2, -0.15) is 0 Å². The van der Waals surface area contributed by atoms with Gasteiger partial charge in [-0.15, -0.1) is 0 Å². The molecular weight excluding hydrogens is 452 g/mol. The molecule has 0 aliphatic carbocycles. The third-order valence-corrected chi connectivity index (χ3v) is 7.06. The van der Waals surface area contributed by atoms with Crippen LogP contribution >= 0.6 is 0 Å². The summed E-state index contributed by atoms with van der Waals surface area (Å²) in [5, 5.41) is 0. The molecule has 0 aliphatic heterocycles. The Hall–Kier alpha value is -3.78. The molecule has 0 radical (unpaired) electrons. The number of benzene rings is 3. The molecule has 0 atom stereocenters. The molecule has 0 bridgehead atoms. The summed E-state index contributed by atoms with van der Waals surface area (Å²) in [6, 6.07) is 22.7. The lowest BCUT2D eigenvalue weighted by atomic mass is 10.2. The molecule has 1 aromatic heterocycles. The van der Waals surface area contributed by atoms with E-state index < -0.39 is 10.0 Å². The first-order valence-corrected chi connectivity index (χ1v) is 12.3. The van der Waals surface area contributed by atoms with Crippen molar-refractivity contribution in [3.8, 4) is 23.0 Å². The van der Waals surface area contributed by atoms with Crippen molar-refractivity contribution >= 4 is 15.7 Å². The van der Waals surface area contributed by atoms with Gasteiger partial charge in [0.05, 0.1) is 30.8 Å². The fourth-order valence-electron chi connectivity index (χ4n) is 3.55. The van der Waals surface area contributed by atoms with Crippen LogP contribution in [0.1, 0.15) is 18.4 Å². The number of para-hydroxylation sites is 2. The fourth-order valence-corrected chi connectivity index (χ4v) is 5.01. The first-order valence-electron chi connectivity index (χ1n) is 10.8. The predicted octanol–water partition coefficient (Wildman–Crippen LogP) is 5.45. The molecule has 34 heavy (non-hydrogen) atoms. The quantitative estimate of drug-likeness (QED) is 0.318. The maximum absolute atomic E-state index is 13.7. The lowest BCUT2D eigenvalue weighted by molar-refractivity contribution is 0.340. The third-order valence-electron chi connectivity index (χ3n) is 5.28. The zero-order chi connectivity index (χ0) is 24.1. The number of methoxy groups -OCH3 is 1. The molecule has 4 aromatic rings. The first kappa shape index (κ1) is 23.4. The Labute approximate surface area is 199 Å². The minimum atomic E-state index is -3.91. The molecule has 0 fully saturated rings. The van der Waals surface area contributed by atoms with Crippen molar-refractivity contribution in [2.45, 2.75) is 25.3 Å². The van der Waals surface area contributed by atoms with Gasteiger partial charge in [-0.1, -0.05) is 30.3 Å². The number of rotatable bonds is 9. The Morgan fingerprint density at radius 2 is 1.62 bits per heavy atom. The Bertz CT molecular complexity index is 1350. The molecular formula is C26H26N2O5S. The number of aromatic nitrogens is 1. The van der Waals surface area contributed by atoms with Crippen LogP contribution in [0.3, 0.4) is 0 Å². The highest BCUT2D eigenvalue weighted by atomic mass is 32.2. The maximum Gasteiger partial charge on any atom is 0.264 e. The summed E-state index contributed by atoms with van der Waals surface area (Å²) < 4.78 is 45.5. The van der Waals surface area contributed by atoms with Gasteiger partial charge in [0.15, 0.2) is 0 Å². The van der Waals surface area contributed by atoms with Gasteiger partial charge in [0.2, 0.25) is 5.89 Å². The summed E-state index contributed by atoms with van der Waals surface area (Å²) >= 11 is 0. The van der Waals surface area contributed by atoms with Crippen LogP contribution in [0.2, 0.25) is 0 Å². The van der Waals surface area contributed by atoms with Gasteiger partial charge >= 0.3 is 0 Å². The summed E-state index contributed by atoms with van der Waals surface area (Å²) in [7, 11) is -2.40. The van der Waals surface area contributed by atoms with Gasteiger partial charge in [0, 0.05) is 5.56 Å². The van der Waals surface area contributed by atoms with E-state index in [-0.39, 0.29) is 11.4 Å². The Morgan fingerprint density at radius 1 is 0.941 bits per heavy atom. The molecule has 0 N–H and O–H groups in total. The number of oxazole rings is 1. The third kappa shape index (κ3) is 4.77. The average molecular weight is 479 g/mol. The van der Waals surface area contributed by atoms with Crippen molar-refractivity contribution in [2.75, 3.05) is 18.0 Å². The molecule has 0 saturated carbocycles. The summed E-state index contributed by atoms with van der Waals surface area (Å²) in [6.45, 7) is 4.25. The molecule has 4 rings (SSSR count). The second kappa shape index (κ2) is 10.0. The molecule has 7 nitrogen and oxygen atoms in total.